The van der Waals surface area contributed by atoms with Gasteiger partial charge in [0.2, 0.25) is 0 Å². The number of ether oxygens (including phenoxy) is 1. The van der Waals surface area contributed by atoms with Crippen LogP contribution in [0, 0.1) is 0 Å². The standard InChI is InChI=1S/C14H21BO3/c1-2-18-14-9-8-12(10-13(14)15(16)17)11-6-4-3-5-7-11/h8-11,16-17H,2-7H2,1H3. The second-order valence-corrected chi connectivity index (χ2v) is 4.94. The van der Waals surface area contributed by atoms with Crippen LogP contribution in [-0.2, 0) is 0 Å². The van der Waals surface area contributed by atoms with E-state index in [1.165, 1.54) is 37.7 Å². The van der Waals surface area contributed by atoms with Crippen LogP contribution in [0.5, 0.6) is 5.75 Å². The summed E-state index contributed by atoms with van der Waals surface area (Å²) in [5.41, 5.74) is 1.70. The third kappa shape index (κ3) is 3.06. The lowest BCUT2D eigenvalue weighted by Gasteiger charge is -2.23. The zero-order chi connectivity index (χ0) is 13.0. The van der Waals surface area contributed by atoms with Gasteiger partial charge in [-0.25, -0.2) is 0 Å². The molecule has 1 fully saturated rings. The smallest absolute Gasteiger partial charge is 0.492 e. The zero-order valence-electron chi connectivity index (χ0n) is 10.9. The minimum Gasteiger partial charge on any atom is -0.494 e. The highest BCUT2D eigenvalue weighted by Crippen LogP contribution is 2.32. The van der Waals surface area contributed by atoms with Crippen LogP contribution in [0.1, 0.15) is 50.5 Å². The minimum atomic E-state index is -1.46. The second-order valence-electron chi connectivity index (χ2n) is 4.94. The van der Waals surface area contributed by atoms with E-state index in [1.807, 2.05) is 19.1 Å². The molecule has 0 aliphatic heterocycles. The van der Waals surface area contributed by atoms with Crippen molar-refractivity contribution in [1.29, 1.82) is 0 Å². The molecule has 0 heterocycles. The van der Waals surface area contributed by atoms with Crippen molar-refractivity contribution in [3.63, 3.8) is 0 Å². The summed E-state index contributed by atoms with van der Waals surface area (Å²) in [5, 5.41) is 18.9. The third-order valence-electron chi connectivity index (χ3n) is 3.69. The maximum atomic E-state index is 9.43. The molecule has 98 valence electrons. The number of hydrogen-bond acceptors (Lipinski definition) is 3. The van der Waals surface area contributed by atoms with Gasteiger partial charge in [-0.15, -0.1) is 0 Å². The molecule has 0 amide bonds. The third-order valence-corrected chi connectivity index (χ3v) is 3.69. The highest BCUT2D eigenvalue weighted by atomic mass is 16.5. The molecule has 0 atom stereocenters. The molecule has 0 spiro atoms. The van der Waals surface area contributed by atoms with E-state index < -0.39 is 7.12 Å². The van der Waals surface area contributed by atoms with Crippen LogP contribution >= 0.6 is 0 Å². The average Bonchev–Trinajstić information content (AvgIpc) is 2.40. The summed E-state index contributed by atoms with van der Waals surface area (Å²) in [5.74, 6) is 1.14. The molecule has 0 radical (unpaired) electrons. The minimum absolute atomic E-state index is 0.486. The maximum absolute atomic E-state index is 9.43. The molecule has 3 nitrogen and oxygen atoms in total. The molecule has 1 aromatic carbocycles. The van der Waals surface area contributed by atoms with Gasteiger partial charge in [-0.3, -0.25) is 0 Å². The van der Waals surface area contributed by atoms with Crippen LogP contribution in [-0.4, -0.2) is 23.8 Å². The SMILES string of the molecule is CCOc1ccc(C2CCCCC2)cc1B(O)O. The van der Waals surface area contributed by atoms with Gasteiger partial charge in [0.1, 0.15) is 5.75 Å². The van der Waals surface area contributed by atoms with Gasteiger partial charge in [0.25, 0.3) is 0 Å². The summed E-state index contributed by atoms with van der Waals surface area (Å²) < 4.78 is 5.42. The highest BCUT2D eigenvalue weighted by molar-refractivity contribution is 6.59. The van der Waals surface area contributed by atoms with E-state index in [4.69, 9.17) is 4.74 Å². The molecule has 0 saturated heterocycles. The quantitative estimate of drug-likeness (QED) is 0.799. The Kier molecular flexibility index (Phi) is 4.67. The first kappa shape index (κ1) is 13.4. The zero-order valence-corrected chi connectivity index (χ0v) is 10.9. The molecule has 2 N–H and O–H groups in total. The van der Waals surface area contributed by atoms with E-state index in [0.717, 1.165) is 0 Å². The summed E-state index contributed by atoms with van der Waals surface area (Å²) in [6, 6.07) is 5.82. The van der Waals surface area contributed by atoms with Gasteiger partial charge in [-0.1, -0.05) is 31.4 Å². The van der Waals surface area contributed by atoms with Crippen LogP contribution in [0.15, 0.2) is 18.2 Å². The monoisotopic (exact) mass is 248 g/mol. The van der Waals surface area contributed by atoms with Crippen molar-refractivity contribution in [2.45, 2.75) is 44.9 Å². The van der Waals surface area contributed by atoms with Crippen molar-refractivity contribution in [3.05, 3.63) is 23.8 Å². The van der Waals surface area contributed by atoms with Crippen LogP contribution in [0.3, 0.4) is 0 Å². The van der Waals surface area contributed by atoms with E-state index in [9.17, 15) is 10.0 Å². The summed E-state index contributed by atoms with van der Waals surface area (Å²) >= 11 is 0. The predicted octanol–water partition coefficient (Wildman–Crippen LogP) is 1.81. The van der Waals surface area contributed by atoms with Crippen molar-refractivity contribution in [2.24, 2.45) is 0 Å². The normalized spacial score (nSPS) is 16.6. The van der Waals surface area contributed by atoms with Gasteiger partial charge >= 0.3 is 7.12 Å². The Morgan fingerprint density at radius 1 is 1.22 bits per heavy atom. The first-order chi connectivity index (χ1) is 8.72. The average molecular weight is 248 g/mol. The fraction of sp³-hybridized carbons (Fsp3) is 0.571. The second kappa shape index (κ2) is 6.25. The molecule has 1 aliphatic rings. The van der Waals surface area contributed by atoms with Crippen LogP contribution in [0.25, 0.3) is 0 Å². The van der Waals surface area contributed by atoms with E-state index in [2.05, 4.69) is 6.07 Å². The van der Waals surface area contributed by atoms with Crippen LogP contribution < -0.4 is 10.2 Å². The molecule has 4 heteroatoms. The maximum Gasteiger partial charge on any atom is 0.492 e. The molecule has 0 bridgehead atoms. The van der Waals surface area contributed by atoms with Crippen molar-refractivity contribution < 1.29 is 14.8 Å². The molecular weight excluding hydrogens is 227 g/mol. The molecule has 1 saturated carbocycles. The van der Waals surface area contributed by atoms with E-state index in [1.54, 1.807) is 0 Å². The van der Waals surface area contributed by atoms with Gasteiger partial charge in [0.05, 0.1) is 6.61 Å². The van der Waals surface area contributed by atoms with Crippen molar-refractivity contribution in [2.75, 3.05) is 6.61 Å². The van der Waals surface area contributed by atoms with Gasteiger partial charge in [0.15, 0.2) is 0 Å². The topological polar surface area (TPSA) is 49.7 Å². The molecule has 0 aromatic heterocycles. The van der Waals surface area contributed by atoms with Gasteiger partial charge in [0, 0.05) is 5.46 Å². The summed E-state index contributed by atoms with van der Waals surface area (Å²) in [7, 11) is -1.46. The number of rotatable bonds is 4. The molecule has 2 rings (SSSR count). The van der Waals surface area contributed by atoms with Crippen molar-refractivity contribution >= 4 is 12.6 Å². The molecule has 1 aromatic rings. The largest absolute Gasteiger partial charge is 0.494 e. The molecular formula is C14H21BO3. The van der Waals surface area contributed by atoms with Crippen molar-refractivity contribution in [1.82, 2.24) is 0 Å². The summed E-state index contributed by atoms with van der Waals surface area (Å²) in [4.78, 5) is 0. The van der Waals surface area contributed by atoms with Crippen LogP contribution in [0.4, 0.5) is 0 Å². The first-order valence-electron chi connectivity index (χ1n) is 6.85. The molecule has 18 heavy (non-hydrogen) atoms. The summed E-state index contributed by atoms with van der Waals surface area (Å²) in [6.07, 6.45) is 6.27. The van der Waals surface area contributed by atoms with E-state index in [-0.39, 0.29) is 0 Å². The molecule has 1 aliphatic carbocycles. The highest BCUT2D eigenvalue weighted by Gasteiger charge is 2.21. The first-order valence-corrected chi connectivity index (χ1v) is 6.85. The fourth-order valence-corrected chi connectivity index (χ4v) is 2.75. The Balaban J connectivity index is 2.24. The Morgan fingerprint density at radius 3 is 2.56 bits per heavy atom. The summed E-state index contributed by atoms with van der Waals surface area (Å²) in [6.45, 7) is 2.42. The van der Waals surface area contributed by atoms with E-state index in [0.29, 0.717) is 23.7 Å². The predicted molar refractivity (Wildman–Crippen MR) is 73.3 cm³/mol. The lowest BCUT2D eigenvalue weighted by atomic mass is 9.76. The Morgan fingerprint density at radius 2 is 1.94 bits per heavy atom. The Labute approximate surface area is 109 Å². The Bertz CT molecular complexity index is 387. The Hall–Kier alpha value is -0.995. The van der Waals surface area contributed by atoms with Crippen molar-refractivity contribution in [3.8, 4) is 5.75 Å². The lowest BCUT2D eigenvalue weighted by molar-refractivity contribution is 0.339. The van der Waals surface area contributed by atoms with Gasteiger partial charge in [-0.05, 0) is 37.3 Å². The molecule has 0 unspecified atom stereocenters. The number of benzene rings is 1. The van der Waals surface area contributed by atoms with E-state index >= 15 is 0 Å². The lowest BCUT2D eigenvalue weighted by Crippen LogP contribution is -2.32. The van der Waals surface area contributed by atoms with Gasteiger partial charge < -0.3 is 14.8 Å². The fourth-order valence-electron chi connectivity index (χ4n) is 2.75. The van der Waals surface area contributed by atoms with Crippen LogP contribution in [0.2, 0.25) is 0 Å². The number of hydrogen-bond donors (Lipinski definition) is 2. The van der Waals surface area contributed by atoms with Gasteiger partial charge in [-0.2, -0.15) is 0 Å².